The number of hydrogen-bond donors (Lipinski definition) is 2. The SMILES string of the molecule is CC[C@@H](C)NC(=O)CSc1n[nH]c(-c2ccc(OC)cc2)n1. The monoisotopic (exact) mass is 320 g/mol. The van der Waals surface area contributed by atoms with Gasteiger partial charge in [0.05, 0.1) is 12.9 Å². The molecule has 0 saturated heterocycles. The third-order valence-corrected chi connectivity index (χ3v) is 4.03. The zero-order valence-corrected chi connectivity index (χ0v) is 13.7. The minimum Gasteiger partial charge on any atom is -0.497 e. The average Bonchev–Trinajstić information content (AvgIpc) is 3.02. The van der Waals surface area contributed by atoms with Crippen LogP contribution in [0, 0.1) is 0 Å². The van der Waals surface area contributed by atoms with Crippen molar-refractivity contribution in [1.82, 2.24) is 20.5 Å². The number of thioether (sulfide) groups is 1. The Hall–Kier alpha value is -2.02. The molecule has 0 fully saturated rings. The molecule has 0 saturated carbocycles. The van der Waals surface area contributed by atoms with Gasteiger partial charge in [-0.3, -0.25) is 9.89 Å². The molecular formula is C15H20N4O2S. The van der Waals surface area contributed by atoms with Crippen LogP contribution in [0.2, 0.25) is 0 Å². The van der Waals surface area contributed by atoms with Crippen molar-refractivity contribution in [2.45, 2.75) is 31.5 Å². The first kappa shape index (κ1) is 16.4. The summed E-state index contributed by atoms with van der Waals surface area (Å²) >= 11 is 1.31. The average molecular weight is 320 g/mol. The van der Waals surface area contributed by atoms with Gasteiger partial charge in [0.1, 0.15) is 5.75 Å². The zero-order valence-electron chi connectivity index (χ0n) is 12.9. The van der Waals surface area contributed by atoms with Crippen LogP contribution >= 0.6 is 11.8 Å². The Morgan fingerprint density at radius 2 is 2.14 bits per heavy atom. The quantitative estimate of drug-likeness (QED) is 0.766. The van der Waals surface area contributed by atoms with Gasteiger partial charge in [-0.15, -0.1) is 5.10 Å². The summed E-state index contributed by atoms with van der Waals surface area (Å²) in [5, 5.41) is 10.5. The molecule has 6 nitrogen and oxygen atoms in total. The van der Waals surface area contributed by atoms with Crippen LogP contribution in [-0.2, 0) is 4.79 Å². The van der Waals surface area contributed by atoms with E-state index in [2.05, 4.69) is 20.5 Å². The van der Waals surface area contributed by atoms with E-state index in [4.69, 9.17) is 4.74 Å². The van der Waals surface area contributed by atoms with Gasteiger partial charge in [0.15, 0.2) is 5.82 Å². The highest BCUT2D eigenvalue weighted by Gasteiger charge is 2.10. The zero-order chi connectivity index (χ0) is 15.9. The minimum absolute atomic E-state index is 0.00449. The van der Waals surface area contributed by atoms with E-state index in [9.17, 15) is 4.79 Å². The highest BCUT2D eigenvalue weighted by atomic mass is 32.2. The Kier molecular flexibility index (Phi) is 5.83. The molecule has 2 N–H and O–H groups in total. The van der Waals surface area contributed by atoms with Gasteiger partial charge in [-0.05, 0) is 37.6 Å². The van der Waals surface area contributed by atoms with E-state index in [1.165, 1.54) is 11.8 Å². The first-order valence-corrected chi connectivity index (χ1v) is 8.10. The van der Waals surface area contributed by atoms with E-state index < -0.39 is 0 Å². The molecular weight excluding hydrogens is 300 g/mol. The lowest BCUT2D eigenvalue weighted by atomic mass is 10.2. The number of nitrogens with one attached hydrogen (secondary N) is 2. The largest absolute Gasteiger partial charge is 0.497 e. The van der Waals surface area contributed by atoms with E-state index in [0.717, 1.165) is 17.7 Å². The number of rotatable bonds is 7. The fourth-order valence-corrected chi connectivity index (χ4v) is 2.35. The van der Waals surface area contributed by atoms with Crippen molar-refractivity contribution in [1.29, 1.82) is 0 Å². The summed E-state index contributed by atoms with van der Waals surface area (Å²) in [6, 6.07) is 7.73. The van der Waals surface area contributed by atoms with Crippen LogP contribution < -0.4 is 10.1 Å². The van der Waals surface area contributed by atoms with Crippen LogP contribution in [0.1, 0.15) is 20.3 Å². The van der Waals surface area contributed by atoms with E-state index in [0.29, 0.717) is 16.7 Å². The van der Waals surface area contributed by atoms with Crippen molar-refractivity contribution in [2.24, 2.45) is 0 Å². The second-order valence-corrected chi connectivity index (χ2v) is 5.80. The predicted octanol–water partition coefficient (Wildman–Crippen LogP) is 2.49. The maximum atomic E-state index is 11.7. The van der Waals surface area contributed by atoms with Crippen molar-refractivity contribution in [3.05, 3.63) is 24.3 Å². The molecule has 0 aliphatic carbocycles. The van der Waals surface area contributed by atoms with Crippen molar-refractivity contribution in [3.63, 3.8) is 0 Å². The second-order valence-electron chi connectivity index (χ2n) is 4.86. The van der Waals surface area contributed by atoms with Crippen molar-refractivity contribution in [2.75, 3.05) is 12.9 Å². The second kappa shape index (κ2) is 7.84. The summed E-state index contributed by atoms with van der Waals surface area (Å²) in [6.45, 7) is 4.02. The Morgan fingerprint density at radius 3 is 2.77 bits per heavy atom. The lowest BCUT2D eigenvalue weighted by molar-refractivity contribution is -0.119. The van der Waals surface area contributed by atoms with Crippen LogP contribution in [0.3, 0.4) is 0 Å². The van der Waals surface area contributed by atoms with Gasteiger partial charge in [0.2, 0.25) is 11.1 Å². The Balaban J connectivity index is 1.92. The molecule has 2 rings (SSSR count). The molecule has 1 amide bonds. The summed E-state index contributed by atoms with van der Waals surface area (Å²) in [4.78, 5) is 16.1. The molecule has 2 aromatic rings. The Morgan fingerprint density at radius 1 is 1.41 bits per heavy atom. The van der Waals surface area contributed by atoms with Crippen molar-refractivity contribution < 1.29 is 9.53 Å². The fraction of sp³-hybridized carbons (Fsp3) is 0.400. The Bertz CT molecular complexity index is 612. The number of benzene rings is 1. The van der Waals surface area contributed by atoms with Crippen LogP contribution in [0.15, 0.2) is 29.4 Å². The highest BCUT2D eigenvalue weighted by Crippen LogP contribution is 2.21. The molecule has 7 heteroatoms. The summed E-state index contributed by atoms with van der Waals surface area (Å²) < 4.78 is 5.12. The molecule has 1 aromatic heterocycles. The standard InChI is InChI=1S/C15H20N4O2S/c1-4-10(2)16-13(20)9-22-15-17-14(18-19-15)11-5-7-12(21-3)8-6-11/h5-8,10H,4,9H2,1-3H3,(H,16,20)(H,17,18,19)/t10-/m1/s1. The lowest BCUT2D eigenvalue weighted by Gasteiger charge is -2.09. The lowest BCUT2D eigenvalue weighted by Crippen LogP contribution is -2.33. The van der Waals surface area contributed by atoms with E-state index in [1.54, 1.807) is 7.11 Å². The van der Waals surface area contributed by atoms with Gasteiger partial charge in [-0.25, -0.2) is 4.98 Å². The van der Waals surface area contributed by atoms with Crippen molar-refractivity contribution in [3.8, 4) is 17.1 Å². The molecule has 0 aliphatic heterocycles. The summed E-state index contributed by atoms with van der Waals surface area (Å²) in [7, 11) is 1.63. The molecule has 1 aromatic carbocycles. The van der Waals surface area contributed by atoms with Gasteiger partial charge >= 0.3 is 0 Å². The number of aromatic nitrogens is 3. The summed E-state index contributed by atoms with van der Waals surface area (Å²) in [5.41, 5.74) is 0.921. The van der Waals surface area contributed by atoms with Crippen LogP contribution in [0.5, 0.6) is 5.75 Å². The molecule has 0 bridgehead atoms. The van der Waals surface area contributed by atoms with Crippen LogP contribution in [0.4, 0.5) is 0 Å². The summed E-state index contributed by atoms with van der Waals surface area (Å²) in [6.07, 6.45) is 0.915. The smallest absolute Gasteiger partial charge is 0.230 e. The van der Waals surface area contributed by atoms with E-state index in [1.807, 2.05) is 38.1 Å². The predicted molar refractivity (Wildman–Crippen MR) is 87.0 cm³/mol. The molecule has 0 aliphatic rings. The number of methoxy groups -OCH3 is 1. The molecule has 1 heterocycles. The third-order valence-electron chi connectivity index (χ3n) is 3.18. The molecule has 22 heavy (non-hydrogen) atoms. The molecule has 1 atom stereocenters. The maximum Gasteiger partial charge on any atom is 0.230 e. The first-order chi connectivity index (χ1) is 10.6. The number of nitrogens with zero attached hydrogens (tertiary/aromatic N) is 2. The van der Waals surface area contributed by atoms with Crippen LogP contribution in [0.25, 0.3) is 11.4 Å². The number of aromatic amines is 1. The van der Waals surface area contributed by atoms with Gasteiger partial charge in [0.25, 0.3) is 0 Å². The fourth-order valence-electron chi connectivity index (χ4n) is 1.74. The number of ether oxygens (including phenoxy) is 1. The van der Waals surface area contributed by atoms with Gasteiger partial charge in [-0.2, -0.15) is 0 Å². The number of amides is 1. The highest BCUT2D eigenvalue weighted by molar-refractivity contribution is 7.99. The minimum atomic E-state index is -0.00449. The molecule has 0 unspecified atom stereocenters. The number of H-pyrrole nitrogens is 1. The number of carbonyl (C=O) groups is 1. The molecule has 118 valence electrons. The van der Waals surface area contributed by atoms with Gasteiger partial charge < -0.3 is 10.1 Å². The summed E-state index contributed by atoms with van der Waals surface area (Å²) in [5.74, 6) is 1.77. The maximum absolute atomic E-state index is 11.7. The van der Waals surface area contributed by atoms with Crippen molar-refractivity contribution >= 4 is 17.7 Å². The third kappa shape index (κ3) is 4.49. The normalized spacial score (nSPS) is 12.0. The number of carbonyl (C=O) groups excluding carboxylic acids is 1. The topological polar surface area (TPSA) is 79.9 Å². The van der Waals surface area contributed by atoms with Gasteiger partial charge in [0, 0.05) is 11.6 Å². The van der Waals surface area contributed by atoms with Crippen LogP contribution in [-0.4, -0.2) is 40.0 Å². The Labute approximate surface area is 134 Å². The molecule has 0 radical (unpaired) electrons. The number of hydrogen-bond acceptors (Lipinski definition) is 5. The van der Waals surface area contributed by atoms with E-state index in [-0.39, 0.29) is 11.9 Å². The van der Waals surface area contributed by atoms with Gasteiger partial charge in [-0.1, -0.05) is 18.7 Å². The first-order valence-electron chi connectivity index (χ1n) is 7.11. The molecule has 0 spiro atoms. The van der Waals surface area contributed by atoms with E-state index >= 15 is 0 Å².